The normalized spacial score (nSPS) is 22.0. The number of nitrogens with zero attached hydrogens (tertiary/aromatic N) is 3. The molecule has 0 saturated carbocycles. The number of likely N-dealkylation sites (tertiary alicyclic amines) is 1. The average molecular weight is 383 g/mol. The fraction of sp³-hybridized carbons (Fsp3) is 0.650. The van der Waals surface area contributed by atoms with Gasteiger partial charge in [0.15, 0.2) is 0 Å². The second kappa shape index (κ2) is 8.19. The largest absolute Gasteiger partial charge is 0.416 e. The van der Waals surface area contributed by atoms with Crippen molar-refractivity contribution in [3.8, 4) is 0 Å². The summed E-state index contributed by atoms with van der Waals surface area (Å²) < 4.78 is 38.0. The maximum Gasteiger partial charge on any atom is 0.416 e. The van der Waals surface area contributed by atoms with E-state index in [0.29, 0.717) is 30.6 Å². The summed E-state index contributed by atoms with van der Waals surface area (Å²) in [6.07, 6.45) is -2.49. The number of hydrogen-bond donors (Lipinski definition) is 0. The van der Waals surface area contributed by atoms with Gasteiger partial charge in [-0.3, -0.25) is 9.69 Å². The maximum atomic E-state index is 12.7. The molecule has 27 heavy (non-hydrogen) atoms. The minimum absolute atomic E-state index is 0.172. The number of alkyl halides is 3. The van der Waals surface area contributed by atoms with Crippen LogP contribution in [0.1, 0.15) is 35.7 Å². The predicted molar refractivity (Wildman–Crippen MR) is 98.6 cm³/mol. The van der Waals surface area contributed by atoms with Gasteiger partial charge in [0.2, 0.25) is 0 Å². The Hall–Kier alpha value is -1.60. The molecule has 1 amide bonds. The molecule has 2 aliphatic rings. The summed E-state index contributed by atoms with van der Waals surface area (Å²) in [5.41, 5.74) is -0.396. The van der Waals surface area contributed by atoms with Gasteiger partial charge in [0.25, 0.3) is 5.91 Å². The molecule has 1 atom stereocenters. The SMILES string of the molecule is CC(C1CCN(C(=O)c2ccc(C(F)(F)F)cc2)CC1)N1CCN(C)CC1. The Kier molecular flexibility index (Phi) is 6.11. The van der Waals surface area contributed by atoms with E-state index in [-0.39, 0.29) is 5.91 Å². The lowest BCUT2D eigenvalue weighted by Crippen LogP contribution is -2.52. The van der Waals surface area contributed by atoms with Gasteiger partial charge in [0.05, 0.1) is 5.56 Å². The minimum atomic E-state index is -4.38. The average Bonchev–Trinajstić information content (AvgIpc) is 2.67. The first kappa shape index (κ1) is 20.1. The van der Waals surface area contributed by atoms with Crippen LogP contribution in [0.4, 0.5) is 13.2 Å². The van der Waals surface area contributed by atoms with Crippen molar-refractivity contribution in [3.63, 3.8) is 0 Å². The number of likely N-dealkylation sites (N-methyl/N-ethyl adjacent to an activating group) is 1. The van der Waals surface area contributed by atoms with Crippen LogP contribution >= 0.6 is 0 Å². The summed E-state index contributed by atoms with van der Waals surface area (Å²) in [4.78, 5) is 19.3. The monoisotopic (exact) mass is 383 g/mol. The van der Waals surface area contributed by atoms with Crippen LogP contribution in [0.5, 0.6) is 0 Å². The summed E-state index contributed by atoms with van der Waals surface area (Å²) in [5.74, 6) is 0.388. The van der Waals surface area contributed by atoms with Gasteiger partial charge in [-0.15, -0.1) is 0 Å². The number of benzene rings is 1. The van der Waals surface area contributed by atoms with Gasteiger partial charge in [-0.1, -0.05) is 0 Å². The van der Waals surface area contributed by atoms with Crippen LogP contribution in [0.15, 0.2) is 24.3 Å². The molecule has 3 rings (SSSR count). The topological polar surface area (TPSA) is 26.8 Å². The number of carbonyl (C=O) groups excluding carboxylic acids is 1. The summed E-state index contributed by atoms with van der Waals surface area (Å²) in [7, 11) is 2.15. The standard InChI is InChI=1S/C20H28F3N3O/c1-15(25-13-11-24(2)12-14-25)16-7-9-26(10-8-16)19(27)17-3-5-18(6-4-17)20(21,22)23/h3-6,15-16H,7-14H2,1-2H3. The molecular weight excluding hydrogens is 355 g/mol. The summed E-state index contributed by atoms with van der Waals surface area (Å²) in [6, 6.07) is 5.03. The van der Waals surface area contributed by atoms with Crippen LogP contribution in [0.2, 0.25) is 0 Å². The number of hydrogen-bond acceptors (Lipinski definition) is 3. The van der Waals surface area contributed by atoms with Crippen LogP contribution < -0.4 is 0 Å². The van der Waals surface area contributed by atoms with Crippen LogP contribution in [0, 0.1) is 5.92 Å². The van der Waals surface area contributed by atoms with Gasteiger partial charge < -0.3 is 9.80 Å². The molecule has 0 bridgehead atoms. The highest BCUT2D eigenvalue weighted by Crippen LogP contribution is 2.30. The fourth-order valence-corrected chi connectivity index (χ4v) is 4.10. The predicted octanol–water partition coefficient (Wildman–Crippen LogP) is 3.19. The molecule has 150 valence electrons. The highest BCUT2D eigenvalue weighted by atomic mass is 19.4. The van der Waals surface area contributed by atoms with Crippen LogP contribution in [0.25, 0.3) is 0 Å². The van der Waals surface area contributed by atoms with Gasteiger partial charge >= 0.3 is 6.18 Å². The fourth-order valence-electron chi connectivity index (χ4n) is 4.10. The molecule has 0 radical (unpaired) electrons. The van der Waals surface area contributed by atoms with Gasteiger partial charge in [0, 0.05) is 50.9 Å². The number of amides is 1. The zero-order valence-electron chi connectivity index (χ0n) is 16.0. The number of halogens is 3. The van der Waals surface area contributed by atoms with Gasteiger partial charge in [-0.05, 0) is 57.0 Å². The lowest BCUT2D eigenvalue weighted by Gasteiger charge is -2.42. The molecule has 0 aliphatic carbocycles. The Labute approximate surface area is 158 Å². The van der Waals surface area contributed by atoms with Crippen molar-refractivity contribution in [2.45, 2.75) is 32.0 Å². The van der Waals surface area contributed by atoms with E-state index in [1.54, 1.807) is 4.90 Å². The Morgan fingerprint density at radius 3 is 2.07 bits per heavy atom. The van der Waals surface area contributed by atoms with Gasteiger partial charge in [0.1, 0.15) is 0 Å². The lowest BCUT2D eigenvalue weighted by molar-refractivity contribution is -0.137. The Bertz CT molecular complexity index is 631. The van der Waals surface area contributed by atoms with Gasteiger partial charge in [-0.2, -0.15) is 13.2 Å². The molecule has 7 heteroatoms. The summed E-state index contributed by atoms with van der Waals surface area (Å²) >= 11 is 0. The third-order valence-electron chi connectivity index (χ3n) is 6.08. The highest BCUT2D eigenvalue weighted by molar-refractivity contribution is 5.94. The zero-order valence-corrected chi connectivity index (χ0v) is 16.0. The molecule has 2 heterocycles. The molecule has 0 aromatic heterocycles. The Balaban J connectivity index is 1.53. The molecule has 1 unspecified atom stereocenters. The van der Waals surface area contributed by atoms with E-state index in [4.69, 9.17) is 0 Å². The van der Waals surface area contributed by atoms with Crippen LogP contribution in [-0.4, -0.2) is 73.0 Å². The van der Waals surface area contributed by atoms with E-state index in [9.17, 15) is 18.0 Å². The number of piperazine rings is 1. The van der Waals surface area contributed by atoms with E-state index in [1.807, 2.05) is 0 Å². The van der Waals surface area contributed by atoms with Crippen molar-refractivity contribution in [1.82, 2.24) is 14.7 Å². The van der Waals surface area contributed by atoms with Crippen molar-refractivity contribution in [1.29, 1.82) is 0 Å². The number of rotatable bonds is 3. The smallest absolute Gasteiger partial charge is 0.339 e. The van der Waals surface area contributed by atoms with Crippen molar-refractivity contribution < 1.29 is 18.0 Å². The van der Waals surface area contributed by atoms with E-state index < -0.39 is 11.7 Å². The molecule has 2 aliphatic heterocycles. The number of piperidine rings is 1. The molecule has 2 saturated heterocycles. The molecule has 0 N–H and O–H groups in total. The highest BCUT2D eigenvalue weighted by Gasteiger charge is 2.32. The van der Waals surface area contributed by atoms with E-state index >= 15 is 0 Å². The molecule has 0 spiro atoms. The first-order valence-electron chi connectivity index (χ1n) is 9.65. The first-order valence-corrected chi connectivity index (χ1v) is 9.65. The molecule has 1 aromatic rings. The van der Waals surface area contributed by atoms with E-state index in [2.05, 4.69) is 23.8 Å². The van der Waals surface area contributed by atoms with Crippen LogP contribution in [-0.2, 0) is 6.18 Å². The molecule has 4 nitrogen and oxygen atoms in total. The molecular formula is C20H28F3N3O. The third-order valence-corrected chi connectivity index (χ3v) is 6.08. The minimum Gasteiger partial charge on any atom is -0.339 e. The van der Waals surface area contributed by atoms with Crippen molar-refractivity contribution in [3.05, 3.63) is 35.4 Å². The van der Waals surface area contributed by atoms with Crippen LogP contribution in [0.3, 0.4) is 0 Å². The van der Waals surface area contributed by atoms with E-state index in [0.717, 1.165) is 51.2 Å². The second-order valence-corrected chi connectivity index (χ2v) is 7.78. The quantitative estimate of drug-likeness (QED) is 0.802. The number of carbonyl (C=O) groups is 1. The summed E-state index contributed by atoms with van der Waals surface area (Å²) in [6.45, 7) is 7.98. The zero-order chi connectivity index (χ0) is 19.6. The maximum absolute atomic E-state index is 12.7. The van der Waals surface area contributed by atoms with Crippen molar-refractivity contribution >= 4 is 5.91 Å². The third kappa shape index (κ3) is 4.82. The molecule has 1 aromatic carbocycles. The van der Waals surface area contributed by atoms with E-state index in [1.165, 1.54) is 12.1 Å². The van der Waals surface area contributed by atoms with Gasteiger partial charge in [-0.25, -0.2) is 0 Å². The molecule has 2 fully saturated rings. The van der Waals surface area contributed by atoms with Crippen molar-refractivity contribution in [2.75, 3.05) is 46.3 Å². The Morgan fingerprint density at radius 2 is 1.56 bits per heavy atom. The summed E-state index contributed by atoms with van der Waals surface area (Å²) in [5, 5.41) is 0. The Morgan fingerprint density at radius 1 is 1.00 bits per heavy atom. The first-order chi connectivity index (χ1) is 12.8. The second-order valence-electron chi connectivity index (χ2n) is 7.78. The lowest BCUT2D eigenvalue weighted by atomic mass is 9.88. The van der Waals surface area contributed by atoms with Crippen molar-refractivity contribution in [2.24, 2.45) is 5.92 Å².